The minimum Gasteiger partial charge on any atom is -0.292 e. The molecule has 0 amide bonds. The first-order valence-electron chi connectivity index (χ1n) is 7.66. The summed E-state index contributed by atoms with van der Waals surface area (Å²) in [6.45, 7) is 1.81. The molecule has 1 aromatic heterocycles. The van der Waals surface area contributed by atoms with Gasteiger partial charge in [-0.15, -0.1) is 5.10 Å². The Bertz CT molecular complexity index is 879. The first kappa shape index (κ1) is 15.6. The number of carbonyl (C=O) groups excluding carboxylic acids is 1. The summed E-state index contributed by atoms with van der Waals surface area (Å²) in [7, 11) is 0. The molecule has 0 unspecified atom stereocenters. The third kappa shape index (κ3) is 3.08. The van der Waals surface area contributed by atoms with E-state index >= 15 is 0 Å². The van der Waals surface area contributed by atoms with Gasteiger partial charge < -0.3 is 0 Å². The molecule has 24 heavy (non-hydrogen) atoms. The second-order valence-electron chi connectivity index (χ2n) is 5.49. The molecule has 0 bridgehead atoms. The van der Waals surface area contributed by atoms with Gasteiger partial charge in [-0.25, -0.2) is 4.68 Å². The fourth-order valence-electron chi connectivity index (χ4n) is 2.61. The lowest BCUT2D eigenvalue weighted by atomic mass is 9.94. The summed E-state index contributed by atoms with van der Waals surface area (Å²) in [5, 5.41) is 17.5. The second kappa shape index (κ2) is 6.88. The maximum Gasteiger partial charge on any atom is 0.186 e. The Morgan fingerprint density at radius 2 is 1.75 bits per heavy atom. The largest absolute Gasteiger partial charge is 0.292 e. The molecule has 0 aliphatic rings. The van der Waals surface area contributed by atoms with Crippen molar-refractivity contribution in [2.75, 3.05) is 0 Å². The van der Waals surface area contributed by atoms with Crippen LogP contribution < -0.4 is 0 Å². The number of hydrogen-bond acceptors (Lipinski definition) is 4. The summed E-state index contributed by atoms with van der Waals surface area (Å²) in [6, 6.07) is 21.0. The summed E-state index contributed by atoms with van der Waals surface area (Å²) >= 11 is 0. The van der Waals surface area contributed by atoms with Crippen molar-refractivity contribution in [3.05, 3.63) is 77.6 Å². The van der Waals surface area contributed by atoms with Crippen LogP contribution in [0.15, 0.2) is 60.7 Å². The van der Waals surface area contributed by atoms with Gasteiger partial charge in [0.25, 0.3) is 0 Å². The molecule has 118 valence electrons. The van der Waals surface area contributed by atoms with Crippen LogP contribution in [-0.2, 0) is 0 Å². The van der Waals surface area contributed by atoms with E-state index < -0.39 is 5.92 Å². The first-order valence-corrected chi connectivity index (χ1v) is 7.66. The van der Waals surface area contributed by atoms with E-state index in [4.69, 9.17) is 0 Å². The number of hydrogen-bond donors (Lipinski definition) is 0. The quantitative estimate of drug-likeness (QED) is 0.676. The predicted octanol–water partition coefficient (Wildman–Crippen LogP) is 3.46. The van der Waals surface area contributed by atoms with Gasteiger partial charge in [-0.2, -0.15) is 5.26 Å². The van der Waals surface area contributed by atoms with E-state index in [-0.39, 0.29) is 12.2 Å². The average Bonchev–Trinajstić information content (AvgIpc) is 3.02. The molecular weight excluding hydrogens is 300 g/mol. The van der Waals surface area contributed by atoms with E-state index in [0.29, 0.717) is 11.4 Å². The Balaban J connectivity index is 1.84. The maximum atomic E-state index is 12.6. The van der Waals surface area contributed by atoms with Crippen molar-refractivity contribution in [3.63, 3.8) is 0 Å². The highest BCUT2D eigenvalue weighted by Gasteiger charge is 2.22. The third-order valence-corrected chi connectivity index (χ3v) is 3.91. The molecule has 2 aromatic carbocycles. The zero-order chi connectivity index (χ0) is 16.9. The summed E-state index contributed by atoms with van der Waals surface area (Å²) in [5.41, 5.74) is 2.67. The normalized spacial score (nSPS) is 11.7. The van der Waals surface area contributed by atoms with E-state index in [2.05, 4.69) is 16.4 Å². The summed E-state index contributed by atoms with van der Waals surface area (Å²) in [6.07, 6.45) is 0.0921. The number of carbonyl (C=O) groups is 1. The van der Waals surface area contributed by atoms with Crippen LogP contribution >= 0.6 is 0 Å². The van der Waals surface area contributed by atoms with Crippen LogP contribution in [0.25, 0.3) is 5.69 Å². The highest BCUT2D eigenvalue weighted by atomic mass is 16.1. The van der Waals surface area contributed by atoms with Crippen LogP contribution in [0.4, 0.5) is 0 Å². The van der Waals surface area contributed by atoms with Crippen molar-refractivity contribution >= 4 is 5.78 Å². The molecule has 5 heteroatoms. The number of rotatable bonds is 5. The molecule has 0 saturated carbocycles. The molecule has 0 aliphatic heterocycles. The van der Waals surface area contributed by atoms with Crippen LogP contribution in [0.2, 0.25) is 0 Å². The van der Waals surface area contributed by atoms with Gasteiger partial charge in [0, 0.05) is 6.42 Å². The lowest BCUT2D eigenvalue weighted by Gasteiger charge is -2.08. The molecule has 0 aliphatic carbocycles. The zero-order valence-electron chi connectivity index (χ0n) is 13.3. The van der Waals surface area contributed by atoms with Crippen molar-refractivity contribution in [2.45, 2.75) is 19.3 Å². The molecule has 0 saturated heterocycles. The van der Waals surface area contributed by atoms with Crippen LogP contribution in [0, 0.1) is 18.3 Å². The number of para-hydroxylation sites is 1. The topological polar surface area (TPSA) is 71.6 Å². The van der Waals surface area contributed by atoms with Crippen LogP contribution in [-0.4, -0.2) is 20.8 Å². The first-order chi connectivity index (χ1) is 11.7. The third-order valence-electron chi connectivity index (χ3n) is 3.91. The molecule has 0 radical (unpaired) electrons. The van der Waals surface area contributed by atoms with Gasteiger partial charge in [-0.1, -0.05) is 53.7 Å². The smallest absolute Gasteiger partial charge is 0.186 e. The fraction of sp³-hybridized carbons (Fsp3) is 0.158. The minimum absolute atomic E-state index is 0.0921. The van der Waals surface area contributed by atoms with Crippen LogP contribution in [0.5, 0.6) is 0 Å². The molecule has 1 heterocycles. The van der Waals surface area contributed by atoms with Gasteiger partial charge in [-0.3, -0.25) is 4.79 Å². The highest BCUT2D eigenvalue weighted by molar-refractivity contribution is 5.96. The Labute approximate surface area is 140 Å². The van der Waals surface area contributed by atoms with E-state index in [0.717, 1.165) is 11.3 Å². The van der Waals surface area contributed by atoms with Gasteiger partial charge in [0.05, 0.1) is 23.4 Å². The predicted molar refractivity (Wildman–Crippen MR) is 89.8 cm³/mol. The van der Waals surface area contributed by atoms with E-state index in [1.54, 1.807) is 4.68 Å². The molecule has 0 fully saturated rings. The summed E-state index contributed by atoms with van der Waals surface area (Å²) in [4.78, 5) is 12.6. The number of aromatic nitrogens is 3. The lowest BCUT2D eigenvalue weighted by Crippen LogP contribution is -2.09. The van der Waals surface area contributed by atoms with Crippen LogP contribution in [0.3, 0.4) is 0 Å². The Morgan fingerprint density at radius 1 is 1.12 bits per heavy atom. The van der Waals surface area contributed by atoms with E-state index in [1.807, 2.05) is 67.6 Å². The van der Waals surface area contributed by atoms with E-state index in [1.165, 1.54) is 0 Å². The minimum atomic E-state index is -0.486. The van der Waals surface area contributed by atoms with Crippen molar-refractivity contribution < 1.29 is 4.79 Å². The van der Waals surface area contributed by atoms with Crippen LogP contribution in [0.1, 0.15) is 34.1 Å². The lowest BCUT2D eigenvalue weighted by molar-refractivity contribution is 0.0973. The van der Waals surface area contributed by atoms with Gasteiger partial charge >= 0.3 is 0 Å². The number of Topliss-reactive ketones (excluding diaryl/α,β-unsaturated/α-hetero) is 1. The Morgan fingerprint density at radius 3 is 2.38 bits per heavy atom. The molecule has 1 atom stereocenters. The summed E-state index contributed by atoms with van der Waals surface area (Å²) < 4.78 is 1.64. The van der Waals surface area contributed by atoms with E-state index in [9.17, 15) is 10.1 Å². The Hall–Kier alpha value is -3.26. The number of nitriles is 1. The summed E-state index contributed by atoms with van der Waals surface area (Å²) in [5.74, 6) is -0.662. The number of benzene rings is 2. The molecule has 5 nitrogen and oxygen atoms in total. The van der Waals surface area contributed by atoms with Gasteiger partial charge in [-0.05, 0) is 24.6 Å². The monoisotopic (exact) mass is 316 g/mol. The van der Waals surface area contributed by atoms with Gasteiger partial charge in [0.2, 0.25) is 0 Å². The fourth-order valence-corrected chi connectivity index (χ4v) is 2.61. The Kier molecular flexibility index (Phi) is 4.48. The number of nitrogens with zero attached hydrogens (tertiary/aromatic N) is 4. The SMILES string of the molecule is Cc1c(C(=O)C[C@@H](C#N)c2ccccc2)nnn1-c1ccccc1. The highest BCUT2D eigenvalue weighted by Crippen LogP contribution is 2.22. The van der Waals surface area contributed by atoms with Crippen molar-refractivity contribution in [2.24, 2.45) is 0 Å². The molecular formula is C19H16N4O. The molecule has 3 rings (SSSR count). The standard InChI is InChI=1S/C19H16N4O/c1-14-19(21-22-23(14)17-10-6-3-7-11-17)18(24)12-16(13-20)15-8-4-2-5-9-15/h2-11,16H,12H2,1H3/t16-/m0/s1. The van der Waals surface area contributed by atoms with Gasteiger partial charge in [0.1, 0.15) is 0 Å². The number of ketones is 1. The van der Waals surface area contributed by atoms with Crippen molar-refractivity contribution in [1.82, 2.24) is 15.0 Å². The van der Waals surface area contributed by atoms with Crippen molar-refractivity contribution in [1.29, 1.82) is 5.26 Å². The van der Waals surface area contributed by atoms with Crippen molar-refractivity contribution in [3.8, 4) is 11.8 Å². The molecule has 0 N–H and O–H groups in total. The molecule has 3 aromatic rings. The molecule has 0 spiro atoms. The second-order valence-corrected chi connectivity index (χ2v) is 5.49. The average molecular weight is 316 g/mol. The maximum absolute atomic E-state index is 12.6. The van der Waals surface area contributed by atoms with Gasteiger partial charge in [0.15, 0.2) is 11.5 Å². The zero-order valence-corrected chi connectivity index (χ0v) is 13.3.